The Hall–Kier alpha value is -0.260. The van der Waals surface area contributed by atoms with Crippen LogP contribution in [0, 0.1) is 11.3 Å². The summed E-state index contributed by atoms with van der Waals surface area (Å²) in [6, 6.07) is 0. The summed E-state index contributed by atoms with van der Waals surface area (Å²) in [5, 5.41) is 0. The molecule has 0 aliphatic heterocycles. The Morgan fingerprint density at radius 1 is 1.20 bits per heavy atom. The van der Waals surface area contributed by atoms with Crippen LogP contribution in [-0.4, -0.2) is 0 Å². The first-order valence-electron chi connectivity index (χ1n) is 6.77. The van der Waals surface area contributed by atoms with Crippen LogP contribution < -0.4 is 0 Å². The molecule has 0 aromatic carbocycles. The third-order valence-corrected chi connectivity index (χ3v) is 3.96. The van der Waals surface area contributed by atoms with Crippen LogP contribution in [-0.2, 0) is 0 Å². The summed E-state index contributed by atoms with van der Waals surface area (Å²) in [5.41, 5.74) is 0.674. The van der Waals surface area contributed by atoms with Crippen molar-refractivity contribution in [3.63, 3.8) is 0 Å². The van der Waals surface area contributed by atoms with Gasteiger partial charge >= 0.3 is 0 Å². The van der Waals surface area contributed by atoms with Crippen LogP contribution in [0.25, 0.3) is 0 Å². The fourth-order valence-corrected chi connectivity index (χ4v) is 3.10. The van der Waals surface area contributed by atoms with Gasteiger partial charge in [-0.25, -0.2) is 0 Å². The smallest absolute Gasteiger partial charge is 0.0323 e. The monoisotopic (exact) mass is 208 g/mol. The molecule has 0 radical (unpaired) electrons. The van der Waals surface area contributed by atoms with E-state index < -0.39 is 0 Å². The van der Waals surface area contributed by atoms with E-state index in [1.807, 2.05) is 0 Å². The molecular formula is C15H28. The van der Waals surface area contributed by atoms with Gasteiger partial charge in [0, 0.05) is 0 Å². The van der Waals surface area contributed by atoms with Gasteiger partial charge in [-0.3, -0.25) is 0 Å². The molecule has 0 heterocycles. The maximum absolute atomic E-state index is 2.51. The van der Waals surface area contributed by atoms with E-state index in [0.717, 1.165) is 5.92 Å². The van der Waals surface area contributed by atoms with E-state index in [9.17, 15) is 0 Å². The lowest BCUT2D eigenvalue weighted by molar-refractivity contribution is 0.166. The van der Waals surface area contributed by atoms with E-state index in [-0.39, 0.29) is 0 Å². The second-order valence-corrected chi connectivity index (χ2v) is 5.83. The van der Waals surface area contributed by atoms with Crippen molar-refractivity contribution in [1.29, 1.82) is 0 Å². The average Bonchev–Trinajstić information content (AvgIpc) is 2.18. The standard InChI is InChI=1S/C15H28/c1-4-5-7-10-14(2)13-15(3)11-8-6-9-12-15/h4-5,14H,6-13H2,1-3H3/b5-4-. The minimum atomic E-state index is 0.674. The molecule has 1 aliphatic carbocycles. The molecule has 0 amide bonds. The Kier molecular flexibility index (Phi) is 5.42. The van der Waals surface area contributed by atoms with Gasteiger partial charge in [-0.15, -0.1) is 0 Å². The Balaban J connectivity index is 2.25. The van der Waals surface area contributed by atoms with Crippen LogP contribution in [0.4, 0.5) is 0 Å². The quantitative estimate of drug-likeness (QED) is 0.535. The summed E-state index contributed by atoms with van der Waals surface area (Å²) in [7, 11) is 0. The fourth-order valence-electron chi connectivity index (χ4n) is 3.10. The molecule has 0 aromatic rings. The Morgan fingerprint density at radius 3 is 2.47 bits per heavy atom. The molecular weight excluding hydrogens is 180 g/mol. The molecule has 0 bridgehead atoms. The van der Waals surface area contributed by atoms with Gasteiger partial charge in [0.05, 0.1) is 0 Å². The molecule has 88 valence electrons. The van der Waals surface area contributed by atoms with Crippen LogP contribution in [0.5, 0.6) is 0 Å². The highest BCUT2D eigenvalue weighted by atomic mass is 14.3. The Bertz CT molecular complexity index is 184. The predicted octanol–water partition coefficient (Wildman–Crippen LogP) is 5.34. The molecule has 1 rings (SSSR count). The first-order valence-corrected chi connectivity index (χ1v) is 6.77. The first-order chi connectivity index (χ1) is 7.16. The largest absolute Gasteiger partial charge is 0.0917 e. The zero-order valence-electron chi connectivity index (χ0n) is 10.9. The number of hydrogen-bond donors (Lipinski definition) is 0. The first kappa shape index (κ1) is 12.8. The van der Waals surface area contributed by atoms with Gasteiger partial charge in [0.15, 0.2) is 0 Å². The molecule has 15 heavy (non-hydrogen) atoms. The van der Waals surface area contributed by atoms with Crippen LogP contribution in [0.15, 0.2) is 12.2 Å². The van der Waals surface area contributed by atoms with Gasteiger partial charge in [-0.1, -0.05) is 45.3 Å². The topological polar surface area (TPSA) is 0 Å². The SMILES string of the molecule is C/C=C\CCC(C)CC1(C)CCCCC1. The maximum Gasteiger partial charge on any atom is -0.0323 e. The van der Waals surface area contributed by atoms with Crippen molar-refractivity contribution in [3.05, 3.63) is 12.2 Å². The van der Waals surface area contributed by atoms with Crippen LogP contribution in [0.1, 0.15) is 72.1 Å². The van der Waals surface area contributed by atoms with Gasteiger partial charge < -0.3 is 0 Å². The molecule has 0 aromatic heterocycles. The average molecular weight is 208 g/mol. The van der Waals surface area contributed by atoms with Crippen molar-refractivity contribution < 1.29 is 0 Å². The molecule has 1 aliphatic rings. The molecule has 0 N–H and O–H groups in total. The van der Waals surface area contributed by atoms with Gasteiger partial charge in [0.1, 0.15) is 0 Å². The highest BCUT2D eigenvalue weighted by Crippen LogP contribution is 2.41. The van der Waals surface area contributed by atoms with E-state index in [1.165, 1.54) is 51.4 Å². The van der Waals surface area contributed by atoms with Crippen molar-refractivity contribution >= 4 is 0 Å². The van der Waals surface area contributed by atoms with E-state index in [4.69, 9.17) is 0 Å². The van der Waals surface area contributed by atoms with Crippen LogP contribution >= 0.6 is 0 Å². The summed E-state index contributed by atoms with van der Waals surface area (Å²) in [4.78, 5) is 0. The predicted molar refractivity (Wildman–Crippen MR) is 69.0 cm³/mol. The highest BCUT2D eigenvalue weighted by molar-refractivity contribution is 4.82. The molecule has 1 atom stereocenters. The lowest BCUT2D eigenvalue weighted by atomic mass is 9.70. The normalized spacial score (nSPS) is 23.1. The van der Waals surface area contributed by atoms with E-state index in [1.54, 1.807) is 0 Å². The number of allylic oxidation sites excluding steroid dienone is 2. The van der Waals surface area contributed by atoms with Crippen molar-refractivity contribution in [2.75, 3.05) is 0 Å². The van der Waals surface area contributed by atoms with Crippen molar-refractivity contribution in [2.45, 2.75) is 72.1 Å². The summed E-state index contributed by atoms with van der Waals surface area (Å²) < 4.78 is 0. The zero-order chi connectivity index (χ0) is 11.1. The molecule has 0 saturated heterocycles. The van der Waals surface area contributed by atoms with Crippen molar-refractivity contribution in [3.8, 4) is 0 Å². The van der Waals surface area contributed by atoms with E-state index >= 15 is 0 Å². The molecule has 1 fully saturated rings. The molecule has 0 nitrogen and oxygen atoms in total. The lowest BCUT2D eigenvalue weighted by Gasteiger charge is -2.35. The highest BCUT2D eigenvalue weighted by Gasteiger charge is 2.27. The second-order valence-electron chi connectivity index (χ2n) is 5.83. The van der Waals surface area contributed by atoms with Crippen molar-refractivity contribution in [2.24, 2.45) is 11.3 Å². The fraction of sp³-hybridized carbons (Fsp3) is 0.867. The van der Waals surface area contributed by atoms with Gasteiger partial charge in [0.25, 0.3) is 0 Å². The Morgan fingerprint density at radius 2 is 1.87 bits per heavy atom. The van der Waals surface area contributed by atoms with Gasteiger partial charge in [-0.05, 0) is 50.4 Å². The van der Waals surface area contributed by atoms with Crippen molar-refractivity contribution in [1.82, 2.24) is 0 Å². The minimum absolute atomic E-state index is 0.674. The minimum Gasteiger partial charge on any atom is -0.0917 e. The summed E-state index contributed by atoms with van der Waals surface area (Å²) in [6.45, 7) is 7.06. The molecule has 1 unspecified atom stereocenters. The maximum atomic E-state index is 2.51. The third-order valence-electron chi connectivity index (χ3n) is 3.96. The molecule has 1 saturated carbocycles. The van der Waals surface area contributed by atoms with E-state index in [0.29, 0.717) is 5.41 Å². The zero-order valence-corrected chi connectivity index (χ0v) is 10.9. The second kappa shape index (κ2) is 6.35. The van der Waals surface area contributed by atoms with Crippen LogP contribution in [0.2, 0.25) is 0 Å². The third kappa shape index (κ3) is 4.86. The molecule has 0 spiro atoms. The van der Waals surface area contributed by atoms with Gasteiger partial charge in [0.2, 0.25) is 0 Å². The summed E-state index contributed by atoms with van der Waals surface area (Å²) in [5.74, 6) is 0.907. The van der Waals surface area contributed by atoms with E-state index in [2.05, 4.69) is 32.9 Å². The van der Waals surface area contributed by atoms with Crippen LogP contribution in [0.3, 0.4) is 0 Å². The van der Waals surface area contributed by atoms with Gasteiger partial charge in [-0.2, -0.15) is 0 Å². The molecule has 0 heteroatoms. The summed E-state index contributed by atoms with van der Waals surface area (Å²) >= 11 is 0. The number of hydrogen-bond acceptors (Lipinski definition) is 0. The summed E-state index contributed by atoms with van der Waals surface area (Å²) in [6.07, 6.45) is 15.9. The Labute approximate surface area is 96.2 Å². The number of rotatable bonds is 5. The lowest BCUT2D eigenvalue weighted by Crippen LogP contribution is -2.22.